The zero-order chi connectivity index (χ0) is 12.9. The molecule has 0 saturated heterocycles. The van der Waals surface area contributed by atoms with Gasteiger partial charge < -0.3 is 0 Å². The maximum absolute atomic E-state index is 2.32. The first kappa shape index (κ1) is 12.0. The lowest BCUT2D eigenvalue weighted by molar-refractivity contribution is 0.982. The van der Waals surface area contributed by atoms with Crippen molar-refractivity contribution in [3.63, 3.8) is 0 Å². The van der Waals surface area contributed by atoms with Crippen LogP contribution in [0.4, 0.5) is 0 Å². The molecule has 0 fully saturated rings. The number of hydrogen-bond acceptors (Lipinski definition) is 0. The summed E-state index contributed by atoms with van der Waals surface area (Å²) in [5.74, 6) is 0. The Kier molecular flexibility index (Phi) is 3.60. The second-order valence-electron chi connectivity index (χ2n) is 4.99. The molecular formula is C19H18. The minimum absolute atomic E-state index is 0.996. The molecule has 0 bridgehead atoms. The van der Waals surface area contributed by atoms with E-state index in [0.29, 0.717) is 0 Å². The average molecular weight is 246 g/mol. The van der Waals surface area contributed by atoms with Gasteiger partial charge in [0.25, 0.3) is 0 Å². The molecule has 0 N–H and O–H groups in total. The third-order valence-corrected chi connectivity index (χ3v) is 3.55. The Bertz CT molecular complexity index is 603. The summed E-state index contributed by atoms with van der Waals surface area (Å²) in [5, 5.41) is 0. The van der Waals surface area contributed by atoms with E-state index in [4.69, 9.17) is 0 Å². The molecule has 0 saturated carbocycles. The van der Waals surface area contributed by atoms with E-state index >= 15 is 0 Å². The topological polar surface area (TPSA) is 0 Å². The third kappa shape index (κ3) is 3.03. The van der Waals surface area contributed by atoms with E-state index in [9.17, 15) is 0 Å². The van der Waals surface area contributed by atoms with Gasteiger partial charge in [-0.15, -0.1) is 0 Å². The first-order chi connectivity index (χ1) is 9.42. The molecule has 0 heterocycles. The van der Waals surface area contributed by atoms with Crippen molar-refractivity contribution >= 4 is 12.2 Å². The van der Waals surface area contributed by atoms with Gasteiger partial charge in [-0.25, -0.2) is 0 Å². The second kappa shape index (κ2) is 5.71. The first-order valence-corrected chi connectivity index (χ1v) is 6.92. The largest absolute Gasteiger partial charge is 0.0836 e. The summed E-state index contributed by atoms with van der Waals surface area (Å²) in [6.07, 6.45) is 12.3. The Balaban J connectivity index is 1.71. The predicted molar refractivity (Wildman–Crippen MR) is 83.0 cm³/mol. The standard InChI is InChI=1S/C19H18/c1-2-7-16(8-3-1)9-6-10-17-13-14-18-11-4-5-12-19(18)15-17/h1-3,5-9,12-15H,4,10-11H2. The van der Waals surface area contributed by atoms with Gasteiger partial charge in [-0.3, -0.25) is 0 Å². The second-order valence-corrected chi connectivity index (χ2v) is 4.99. The number of allylic oxidation sites excluding steroid dienone is 2. The molecule has 0 unspecified atom stereocenters. The molecule has 2 aromatic carbocycles. The molecule has 1 aliphatic carbocycles. The lowest BCUT2D eigenvalue weighted by atomic mass is 9.95. The number of benzene rings is 2. The summed E-state index contributed by atoms with van der Waals surface area (Å²) in [7, 11) is 0. The van der Waals surface area contributed by atoms with Crippen molar-refractivity contribution in [1.82, 2.24) is 0 Å². The van der Waals surface area contributed by atoms with Crippen LogP contribution in [0.15, 0.2) is 60.7 Å². The molecular weight excluding hydrogens is 228 g/mol. The molecule has 0 aromatic heterocycles. The van der Waals surface area contributed by atoms with E-state index in [-0.39, 0.29) is 0 Å². The Morgan fingerprint density at radius 2 is 1.89 bits per heavy atom. The fraction of sp³-hybridized carbons (Fsp3) is 0.158. The lowest BCUT2D eigenvalue weighted by Crippen LogP contribution is -1.95. The normalized spacial score (nSPS) is 13.7. The van der Waals surface area contributed by atoms with Crippen LogP contribution in [0, 0.1) is 0 Å². The summed E-state index contributed by atoms with van der Waals surface area (Å²) in [5.41, 5.74) is 5.54. The summed E-state index contributed by atoms with van der Waals surface area (Å²) < 4.78 is 0. The molecule has 94 valence electrons. The monoisotopic (exact) mass is 246 g/mol. The van der Waals surface area contributed by atoms with Crippen molar-refractivity contribution in [2.24, 2.45) is 0 Å². The Hall–Kier alpha value is -2.08. The summed E-state index contributed by atoms with van der Waals surface area (Å²) in [4.78, 5) is 0. The van der Waals surface area contributed by atoms with Gasteiger partial charge in [-0.05, 0) is 41.5 Å². The van der Waals surface area contributed by atoms with Gasteiger partial charge in [0.2, 0.25) is 0 Å². The van der Waals surface area contributed by atoms with Gasteiger partial charge in [0, 0.05) is 0 Å². The Morgan fingerprint density at radius 3 is 2.79 bits per heavy atom. The van der Waals surface area contributed by atoms with E-state index in [1.165, 1.54) is 35.1 Å². The van der Waals surface area contributed by atoms with Crippen LogP contribution < -0.4 is 0 Å². The SMILES string of the molecule is C1=Cc2cc(CC=Cc3ccccc3)ccc2CC1. The van der Waals surface area contributed by atoms with E-state index in [1.807, 2.05) is 6.07 Å². The van der Waals surface area contributed by atoms with Crippen molar-refractivity contribution in [3.8, 4) is 0 Å². The van der Waals surface area contributed by atoms with E-state index < -0.39 is 0 Å². The van der Waals surface area contributed by atoms with Crippen LogP contribution in [0.3, 0.4) is 0 Å². The summed E-state index contributed by atoms with van der Waals surface area (Å²) >= 11 is 0. The van der Waals surface area contributed by atoms with Gasteiger partial charge >= 0.3 is 0 Å². The third-order valence-electron chi connectivity index (χ3n) is 3.55. The smallest absolute Gasteiger partial charge is 0.00939 e. The predicted octanol–water partition coefficient (Wildman–Crippen LogP) is 4.90. The zero-order valence-electron chi connectivity index (χ0n) is 11.0. The highest BCUT2D eigenvalue weighted by atomic mass is 14.1. The summed E-state index contributed by atoms with van der Waals surface area (Å²) in [6, 6.07) is 17.3. The van der Waals surface area contributed by atoms with Gasteiger partial charge in [0.1, 0.15) is 0 Å². The zero-order valence-corrected chi connectivity index (χ0v) is 11.0. The molecule has 3 rings (SSSR count). The molecule has 0 nitrogen and oxygen atoms in total. The van der Waals surface area contributed by atoms with E-state index in [1.54, 1.807) is 0 Å². The maximum atomic E-state index is 2.32. The maximum Gasteiger partial charge on any atom is -0.00939 e. The van der Waals surface area contributed by atoms with Crippen molar-refractivity contribution in [1.29, 1.82) is 0 Å². The fourth-order valence-corrected chi connectivity index (χ4v) is 2.50. The fourth-order valence-electron chi connectivity index (χ4n) is 2.50. The summed E-state index contributed by atoms with van der Waals surface area (Å²) in [6.45, 7) is 0. The molecule has 19 heavy (non-hydrogen) atoms. The van der Waals surface area contributed by atoms with Crippen molar-refractivity contribution in [3.05, 3.63) is 82.9 Å². The number of hydrogen-bond donors (Lipinski definition) is 0. The minimum Gasteiger partial charge on any atom is -0.0836 e. The Labute approximate surface area is 115 Å². The molecule has 0 spiro atoms. The molecule has 0 atom stereocenters. The van der Waals surface area contributed by atoms with Crippen molar-refractivity contribution < 1.29 is 0 Å². The van der Waals surface area contributed by atoms with Gasteiger partial charge in [-0.2, -0.15) is 0 Å². The van der Waals surface area contributed by atoms with Gasteiger partial charge in [0.05, 0.1) is 0 Å². The van der Waals surface area contributed by atoms with E-state index in [0.717, 1.165) is 6.42 Å². The molecule has 2 aromatic rings. The van der Waals surface area contributed by atoms with Crippen LogP contribution in [-0.2, 0) is 12.8 Å². The van der Waals surface area contributed by atoms with Crippen LogP contribution in [0.5, 0.6) is 0 Å². The van der Waals surface area contributed by atoms with Crippen LogP contribution in [-0.4, -0.2) is 0 Å². The van der Waals surface area contributed by atoms with Gasteiger partial charge in [0.15, 0.2) is 0 Å². The molecule has 0 heteroatoms. The quantitative estimate of drug-likeness (QED) is 0.722. The van der Waals surface area contributed by atoms with Crippen LogP contribution >= 0.6 is 0 Å². The van der Waals surface area contributed by atoms with Crippen LogP contribution in [0.2, 0.25) is 0 Å². The number of aryl methyl sites for hydroxylation is 1. The highest BCUT2D eigenvalue weighted by molar-refractivity contribution is 5.58. The van der Waals surface area contributed by atoms with Crippen LogP contribution in [0.25, 0.3) is 12.2 Å². The molecule has 1 aliphatic rings. The highest BCUT2D eigenvalue weighted by Gasteiger charge is 2.04. The lowest BCUT2D eigenvalue weighted by Gasteiger charge is -2.11. The van der Waals surface area contributed by atoms with Crippen molar-refractivity contribution in [2.45, 2.75) is 19.3 Å². The Morgan fingerprint density at radius 1 is 1.00 bits per heavy atom. The van der Waals surface area contributed by atoms with Crippen molar-refractivity contribution in [2.75, 3.05) is 0 Å². The van der Waals surface area contributed by atoms with Gasteiger partial charge in [-0.1, -0.05) is 72.8 Å². The molecule has 0 amide bonds. The molecule has 0 radical (unpaired) electrons. The number of fused-ring (bicyclic) bond motifs is 1. The first-order valence-electron chi connectivity index (χ1n) is 6.92. The highest BCUT2D eigenvalue weighted by Crippen LogP contribution is 2.20. The van der Waals surface area contributed by atoms with Crippen LogP contribution in [0.1, 0.15) is 28.7 Å². The van der Waals surface area contributed by atoms with E-state index in [2.05, 4.69) is 66.8 Å². The minimum atomic E-state index is 0.996. The molecule has 0 aliphatic heterocycles. The average Bonchev–Trinajstić information content (AvgIpc) is 2.48. The number of rotatable bonds is 3.